The number of nitrogen functional groups attached to an aromatic ring is 1. The third kappa shape index (κ3) is 2.75. The second-order valence-corrected chi connectivity index (χ2v) is 6.49. The van der Waals surface area contributed by atoms with Crippen molar-refractivity contribution in [3.63, 3.8) is 0 Å². The zero-order valence-corrected chi connectivity index (χ0v) is 13.9. The molecule has 1 heterocycles. The molecule has 2 rings (SSSR count). The van der Waals surface area contributed by atoms with Gasteiger partial charge in [0, 0.05) is 27.3 Å². The van der Waals surface area contributed by atoms with Gasteiger partial charge in [0.05, 0.1) is 6.20 Å². The first-order valence-corrected chi connectivity index (χ1v) is 9.37. The average molecular weight is 312 g/mol. The predicted octanol–water partition coefficient (Wildman–Crippen LogP) is 3.84. The number of aromatic nitrogens is 2. The highest BCUT2D eigenvalue weighted by atomic mass is 32.2. The van der Waals surface area contributed by atoms with Crippen LogP contribution in [0.15, 0.2) is 33.0 Å². The van der Waals surface area contributed by atoms with Crippen LogP contribution in [0.3, 0.4) is 0 Å². The molecule has 102 valence electrons. The lowest BCUT2D eigenvalue weighted by Crippen LogP contribution is -1.98. The first-order chi connectivity index (χ1) is 9.12. The van der Waals surface area contributed by atoms with E-state index < -0.39 is 0 Å². The first-order valence-electron chi connectivity index (χ1n) is 5.70. The van der Waals surface area contributed by atoms with Crippen LogP contribution in [0.2, 0.25) is 0 Å². The summed E-state index contributed by atoms with van der Waals surface area (Å²) in [5.41, 5.74) is 8.21. The lowest BCUT2D eigenvalue weighted by atomic mass is 10.1. The highest BCUT2D eigenvalue weighted by Gasteiger charge is 2.13. The number of aryl methyl sites for hydroxylation is 1. The van der Waals surface area contributed by atoms with Crippen molar-refractivity contribution < 1.29 is 0 Å². The molecule has 0 aliphatic rings. The molecule has 2 aromatic rings. The van der Waals surface area contributed by atoms with Crippen LogP contribution in [0.1, 0.15) is 0 Å². The van der Waals surface area contributed by atoms with E-state index in [-0.39, 0.29) is 0 Å². The van der Waals surface area contributed by atoms with Crippen molar-refractivity contribution in [2.45, 2.75) is 14.7 Å². The lowest BCUT2D eigenvalue weighted by Gasteiger charge is -2.12. The summed E-state index contributed by atoms with van der Waals surface area (Å²) < 4.78 is 1.70. The number of hydrogen-bond acceptors (Lipinski definition) is 5. The average Bonchev–Trinajstić information content (AvgIpc) is 2.77. The van der Waals surface area contributed by atoms with Gasteiger partial charge in [-0.3, -0.25) is 4.68 Å². The number of nitrogens with two attached hydrogens (primary N) is 1. The van der Waals surface area contributed by atoms with E-state index in [0.717, 1.165) is 11.1 Å². The van der Waals surface area contributed by atoms with E-state index in [9.17, 15) is 0 Å². The fourth-order valence-corrected chi connectivity index (χ4v) is 4.57. The zero-order valence-electron chi connectivity index (χ0n) is 11.4. The standard InChI is InChI=1S/C13H17N3S3/c1-16-13(14)9(7-15-16)8-5-10(17-2)12(19-4)11(6-8)18-3/h5-7H,14H2,1-4H3. The number of nitrogens with zero attached hydrogens (tertiary/aromatic N) is 2. The summed E-state index contributed by atoms with van der Waals surface area (Å²) in [7, 11) is 1.86. The summed E-state index contributed by atoms with van der Waals surface area (Å²) >= 11 is 5.33. The maximum Gasteiger partial charge on any atom is 0.129 e. The van der Waals surface area contributed by atoms with Crippen LogP contribution < -0.4 is 5.73 Å². The van der Waals surface area contributed by atoms with Gasteiger partial charge in [0.1, 0.15) is 5.82 Å². The first kappa shape index (κ1) is 14.7. The van der Waals surface area contributed by atoms with E-state index in [2.05, 4.69) is 36.0 Å². The molecular weight excluding hydrogens is 294 g/mol. The minimum absolute atomic E-state index is 0.705. The summed E-state index contributed by atoms with van der Waals surface area (Å²) in [4.78, 5) is 3.92. The second kappa shape index (κ2) is 6.15. The van der Waals surface area contributed by atoms with Crippen LogP contribution in [-0.4, -0.2) is 28.5 Å². The number of benzene rings is 1. The van der Waals surface area contributed by atoms with Crippen molar-refractivity contribution in [3.05, 3.63) is 18.3 Å². The fourth-order valence-electron chi connectivity index (χ4n) is 1.91. The van der Waals surface area contributed by atoms with Crippen molar-refractivity contribution >= 4 is 41.1 Å². The van der Waals surface area contributed by atoms with Crippen LogP contribution in [0.25, 0.3) is 11.1 Å². The van der Waals surface area contributed by atoms with Crippen molar-refractivity contribution in [2.75, 3.05) is 24.5 Å². The molecule has 0 spiro atoms. The van der Waals surface area contributed by atoms with Crippen molar-refractivity contribution in [1.29, 1.82) is 0 Å². The Hall–Kier alpha value is -0.720. The van der Waals surface area contributed by atoms with Crippen LogP contribution in [-0.2, 0) is 7.05 Å². The molecule has 2 N–H and O–H groups in total. The molecule has 0 aliphatic carbocycles. The van der Waals surface area contributed by atoms with Crippen molar-refractivity contribution in [1.82, 2.24) is 9.78 Å². The monoisotopic (exact) mass is 311 g/mol. The van der Waals surface area contributed by atoms with Crippen LogP contribution in [0, 0.1) is 0 Å². The van der Waals surface area contributed by atoms with Gasteiger partial charge in [-0.1, -0.05) is 0 Å². The Morgan fingerprint density at radius 2 is 1.63 bits per heavy atom. The molecule has 1 aromatic heterocycles. The summed E-state index contributed by atoms with van der Waals surface area (Å²) in [5, 5.41) is 4.22. The molecule has 0 amide bonds. The second-order valence-electron chi connectivity index (χ2n) is 3.98. The molecule has 0 atom stereocenters. The molecule has 0 aliphatic heterocycles. The van der Waals surface area contributed by atoms with Crippen LogP contribution in [0.4, 0.5) is 5.82 Å². The van der Waals surface area contributed by atoms with E-state index in [1.807, 2.05) is 13.2 Å². The van der Waals surface area contributed by atoms with E-state index in [1.54, 1.807) is 40.0 Å². The summed E-state index contributed by atoms with van der Waals surface area (Å²) in [6.07, 6.45) is 8.16. The van der Waals surface area contributed by atoms with Gasteiger partial charge in [-0.25, -0.2) is 0 Å². The Kier molecular flexibility index (Phi) is 4.76. The Bertz CT molecular complexity index is 568. The third-order valence-corrected chi connectivity index (χ3v) is 5.59. The molecule has 6 heteroatoms. The van der Waals surface area contributed by atoms with Crippen LogP contribution >= 0.6 is 35.3 Å². The Balaban J connectivity index is 2.62. The maximum absolute atomic E-state index is 6.07. The summed E-state index contributed by atoms with van der Waals surface area (Å²) in [6.45, 7) is 0. The maximum atomic E-state index is 6.07. The van der Waals surface area contributed by atoms with Crippen LogP contribution in [0.5, 0.6) is 0 Å². The normalized spacial score (nSPS) is 10.9. The predicted molar refractivity (Wildman–Crippen MR) is 88.4 cm³/mol. The minimum atomic E-state index is 0.705. The van der Waals surface area contributed by atoms with E-state index in [1.165, 1.54) is 14.7 Å². The SMILES string of the molecule is CSc1cc(-c2cnn(C)c2N)cc(SC)c1SC. The zero-order chi connectivity index (χ0) is 14.0. The quantitative estimate of drug-likeness (QED) is 0.869. The van der Waals surface area contributed by atoms with Crippen molar-refractivity contribution in [3.8, 4) is 11.1 Å². The van der Waals surface area contributed by atoms with E-state index in [4.69, 9.17) is 5.73 Å². The largest absolute Gasteiger partial charge is 0.383 e. The molecule has 0 fully saturated rings. The smallest absolute Gasteiger partial charge is 0.129 e. The molecule has 1 aromatic carbocycles. The topological polar surface area (TPSA) is 43.8 Å². The van der Waals surface area contributed by atoms with Gasteiger partial charge in [-0.05, 0) is 36.5 Å². The number of anilines is 1. The minimum Gasteiger partial charge on any atom is -0.383 e. The molecule has 0 bridgehead atoms. The van der Waals surface area contributed by atoms with Gasteiger partial charge in [-0.15, -0.1) is 35.3 Å². The fraction of sp³-hybridized carbons (Fsp3) is 0.308. The third-order valence-electron chi connectivity index (χ3n) is 2.96. The lowest BCUT2D eigenvalue weighted by molar-refractivity contribution is 0.779. The van der Waals surface area contributed by atoms with Gasteiger partial charge in [0.2, 0.25) is 0 Å². The van der Waals surface area contributed by atoms with Crippen molar-refractivity contribution in [2.24, 2.45) is 7.05 Å². The molecule has 0 saturated carbocycles. The van der Waals surface area contributed by atoms with E-state index in [0.29, 0.717) is 5.82 Å². The summed E-state index contributed by atoms with van der Waals surface area (Å²) in [5.74, 6) is 0.705. The molecular formula is C13H17N3S3. The number of rotatable bonds is 4. The molecule has 3 nitrogen and oxygen atoms in total. The summed E-state index contributed by atoms with van der Waals surface area (Å²) in [6, 6.07) is 4.40. The van der Waals surface area contributed by atoms with Gasteiger partial charge in [0.25, 0.3) is 0 Å². The highest BCUT2D eigenvalue weighted by molar-refractivity contribution is 8.03. The number of thioether (sulfide) groups is 3. The number of hydrogen-bond donors (Lipinski definition) is 1. The Morgan fingerprint density at radius 3 is 2.00 bits per heavy atom. The molecule has 0 unspecified atom stereocenters. The van der Waals surface area contributed by atoms with Gasteiger partial charge in [-0.2, -0.15) is 5.10 Å². The van der Waals surface area contributed by atoms with E-state index >= 15 is 0 Å². The van der Waals surface area contributed by atoms with Gasteiger partial charge < -0.3 is 5.73 Å². The van der Waals surface area contributed by atoms with Gasteiger partial charge >= 0.3 is 0 Å². The highest BCUT2D eigenvalue weighted by Crippen LogP contribution is 2.40. The molecule has 19 heavy (non-hydrogen) atoms. The Morgan fingerprint density at radius 1 is 1.05 bits per heavy atom. The Labute approximate surface area is 126 Å². The molecule has 0 radical (unpaired) electrons. The molecule has 0 saturated heterocycles. The van der Waals surface area contributed by atoms with Gasteiger partial charge in [0.15, 0.2) is 0 Å².